The Morgan fingerprint density at radius 1 is 0.850 bits per heavy atom. The zero-order chi connectivity index (χ0) is 14.5. The van der Waals surface area contributed by atoms with Crippen molar-refractivity contribution in [3.63, 3.8) is 0 Å². The van der Waals surface area contributed by atoms with E-state index in [1.165, 1.54) is 77.0 Å². The molecule has 20 heavy (non-hydrogen) atoms. The maximum Gasteiger partial charge on any atom is 0.318 e. The average Bonchev–Trinajstić information content (AvgIpc) is 2.41. The van der Waals surface area contributed by atoms with Crippen LogP contribution in [0.1, 0.15) is 96.8 Å². The number of rotatable bonds is 13. The van der Waals surface area contributed by atoms with E-state index in [2.05, 4.69) is 13.0 Å². The number of unbranched alkanes of at least 4 members (excludes halogenated alkanes) is 12. The van der Waals surface area contributed by atoms with Crippen molar-refractivity contribution in [2.24, 2.45) is 0 Å². The Hall–Kier alpha value is -0.790. The predicted molar refractivity (Wildman–Crippen MR) is 84.5 cm³/mol. The highest BCUT2D eigenvalue weighted by atomic mass is 16.6. The Morgan fingerprint density at radius 3 is 1.75 bits per heavy atom. The quantitative estimate of drug-likeness (QED) is 0.310. The number of carbonyl (C=O) groups excluding carboxylic acids is 1. The summed E-state index contributed by atoms with van der Waals surface area (Å²) in [6.07, 6.45) is 20.3. The first-order valence-corrected chi connectivity index (χ1v) is 8.72. The molecule has 0 aromatic rings. The van der Waals surface area contributed by atoms with Crippen LogP contribution in [0.15, 0.2) is 11.8 Å². The van der Waals surface area contributed by atoms with Gasteiger partial charge in [0.25, 0.3) is 0 Å². The van der Waals surface area contributed by atoms with Crippen LogP contribution < -0.4 is 0 Å². The first-order chi connectivity index (χ1) is 9.83. The Bertz CT molecular complexity index is 271. The maximum absolute atomic E-state index is 10.6. The number of ether oxygens (including phenoxy) is 1. The summed E-state index contributed by atoms with van der Waals surface area (Å²) in [5, 5.41) is 0. The van der Waals surface area contributed by atoms with Crippen LogP contribution in [0.25, 0.3) is 0 Å². The lowest BCUT2D eigenvalue weighted by Crippen LogP contribution is -2.17. The molecule has 1 fully saturated rings. The van der Waals surface area contributed by atoms with E-state index < -0.39 is 0 Å². The highest BCUT2D eigenvalue weighted by Crippen LogP contribution is 2.19. The first kappa shape index (κ1) is 17.3. The zero-order valence-electron chi connectivity index (χ0n) is 13.3. The van der Waals surface area contributed by atoms with Gasteiger partial charge in [0.1, 0.15) is 12.2 Å². The fourth-order valence-corrected chi connectivity index (χ4v) is 2.64. The Labute approximate surface area is 125 Å². The van der Waals surface area contributed by atoms with E-state index >= 15 is 0 Å². The molecular formula is C18H32O2. The molecule has 0 bridgehead atoms. The van der Waals surface area contributed by atoms with Gasteiger partial charge in [-0.15, -0.1) is 0 Å². The van der Waals surface area contributed by atoms with Gasteiger partial charge in [-0.1, -0.05) is 77.6 Å². The molecule has 1 heterocycles. The number of carbonyl (C=O) groups is 1. The molecule has 0 saturated carbocycles. The largest absolute Gasteiger partial charge is 0.430 e. The van der Waals surface area contributed by atoms with Gasteiger partial charge in [-0.3, -0.25) is 4.79 Å². The molecule has 0 spiro atoms. The highest BCUT2D eigenvalue weighted by Gasteiger charge is 2.20. The summed E-state index contributed by atoms with van der Waals surface area (Å²) in [4.78, 5) is 10.6. The molecule has 1 aliphatic rings. The molecule has 0 atom stereocenters. The minimum Gasteiger partial charge on any atom is -0.430 e. The minimum absolute atomic E-state index is 0.0778. The van der Waals surface area contributed by atoms with E-state index in [4.69, 9.17) is 4.74 Å². The lowest BCUT2D eigenvalue weighted by Gasteiger charge is -2.15. The summed E-state index contributed by atoms with van der Waals surface area (Å²) < 4.78 is 4.87. The zero-order valence-corrected chi connectivity index (χ0v) is 13.3. The van der Waals surface area contributed by atoms with Gasteiger partial charge < -0.3 is 4.74 Å². The standard InChI is InChI=1S/C18H32O2/c1-2-3-4-5-6-7-8-9-10-11-12-13-14-15-17-16-18(19)20-17/h15H,2-14,16H2,1H3. The monoisotopic (exact) mass is 280 g/mol. The number of hydrogen-bond acceptors (Lipinski definition) is 2. The number of allylic oxidation sites excluding steroid dienone is 1. The van der Waals surface area contributed by atoms with Crippen LogP contribution in [0.4, 0.5) is 0 Å². The molecule has 0 amide bonds. The van der Waals surface area contributed by atoms with Gasteiger partial charge in [-0.2, -0.15) is 0 Å². The number of esters is 1. The van der Waals surface area contributed by atoms with Gasteiger partial charge in [0.2, 0.25) is 0 Å². The third kappa shape index (κ3) is 9.17. The predicted octanol–water partition coefficient (Wildman–Crippen LogP) is 5.91. The SMILES string of the molecule is CCCCCCCCCCCCCCC=C1CC(=O)O1. The van der Waals surface area contributed by atoms with E-state index in [0.717, 1.165) is 12.2 Å². The second-order valence-electron chi connectivity index (χ2n) is 6.00. The molecular weight excluding hydrogens is 248 g/mol. The van der Waals surface area contributed by atoms with E-state index in [9.17, 15) is 4.79 Å². The molecule has 1 saturated heterocycles. The third-order valence-corrected chi connectivity index (χ3v) is 3.99. The van der Waals surface area contributed by atoms with Gasteiger partial charge in [0.15, 0.2) is 0 Å². The van der Waals surface area contributed by atoms with Crippen LogP contribution in [0, 0.1) is 0 Å². The molecule has 1 rings (SSSR count). The smallest absolute Gasteiger partial charge is 0.318 e. The van der Waals surface area contributed by atoms with Crippen LogP contribution in [-0.4, -0.2) is 5.97 Å². The van der Waals surface area contributed by atoms with Crippen LogP contribution in [0.3, 0.4) is 0 Å². The number of cyclic esters (lactones) is 1. The molecule has 0 unspecified atom stereocenters. The molecule has 1 aliphatic heterocycles. The summed E-state index contributed by atoms with van der Waals surface area (Å²) in [6, 6.07) is 0. The minimum atomic E-state index is -0.0778. The normalized spacial score (nSPS) is 16.2. The molecule has 2 heteroatoms. The van der Waals surface area contributed by atoms with Crippen LogP contribution >= 0.6 is 0 Å². The molecule has 116 valence electrons. The van der Waals surface area contributed by atoms with E-state index in [1.54, 1.807) is 0 Å². The molecule has 0 aromatic heterocycles. The van der Waals surface area contributed by atoms with Crippen molar-refractivity contribution in [3.05, 3.63) is 11.8 Å². The molecule has 0 aromatic carbocycles. The second-order valence-corrected chi connectivity index (χ2v) is 6.00. The van der Waals surface area contributed by atoms with Gasteiger partial charge in [-0.05, 0) is 18.9 Å². The third-order valence-electron chi connectivity index (χ3n) is 3.99. The Kier molecular flexibility index (Phi) is 10.3. The second kappa shape index (κ2) is 12.0. The van der Waals surface area contributed by atoms with E-state index in [-0.39, 0.29) is 5.97 Å². The van der Waals surface area contributed by atoms with Crippen molar-refractivity contribution in [2.75, 3.05) is 0 Å². The van der Waals surface area contributed by atoms with Gasteiger partial charge >= 0.3 is 5.97 Å². The van der Waals surface area contributed by atoms with Gasteiger partial charge in [0.05, 0.1) is 0 Å². The maximum atomic E-state index is 10.6. The summed E-state index contributed by atoms with van der Waals surface area (Å²) in [6.45, 7) is 2.27. The van der Waals surface area contributed by atoms with Crippen molar-refractivity contribution in [2.45, 2.75) is 96.8 Å². The average molecular weight is 280 g/mol. The van der Waals surface area contributed by atoms with Crippen molar-refractivity contribution in [3.8, 4) is 0 Å². The lowest BCUT2D eigenvalue weighted by molar-refractivity contribution is -0.148. The molecule has 2 nitrogen and oxygen atoms in total. The summed E-state index contributed by atoms with van der Waals surface area (Å²) in [5.41, 5.74) is 0. The van der Waals surface area contributed by atoms with Crippen LogP contribution in [0.5, 0.6) is 0 Å². The van der Waals surface area contributed by atoms with Gasteiger partial charge in [0, 0.05) is 0 Å². The van der Waals surface area contributed by atoms with Crippen molar-refractivity contribution < 1.29 is 9.53 Å². The fourth-order valence-electron chi connectivity index (χ4n) is 2.64. The summed E-state index contributed by atoms with van der Waals surface area (Å²) >= 11 is 0. The number of hydrogen-bond donors (Lipinski definition) is 0. The molecule has 0 N–H and O–H groups in total. The van der Waals surface area contributed by atoms with E-state index in [0.29, 0.717) is 6.42 Å². The van der Waals surface area contributed by atoms with Crippen LogP contribution in [-0.2, 0) is 9.53 Å². The summed E-state index contributed by atoms with van der Waals surface area (Å²) in [5.74, 6) is 0.809. The van der Waals surface area contributed by atoms with E-state index in [1.807, 2.05) is 0 Å². The Balaban J connectivity index is 1.70. The summed E-state index contributed by atoms with van der Waals surface area (Å²) in [7, 11) is 0. The first-order valence-electron chi connectivity index (χ1n) is 8.72. The lowest BCUT2D eigenvalue weighted by atomic mass is 10.0. The topological polar surface area (TPSA) is 26.3 Å². The highest BCUT2D eigenvalue weighted by molar-refractivity contribution is 5.79. The van der Waals surface area contributed by atoms with Gasteiger partial charge in [-0.25, -0.2) is 0 Å². The van der Waals surface area contributed by atoms with Crippen LogP contribution in [0.2, 0.25) is 0 Å². The van der Waals surface area contributed by atoms with Crippen molar-refractivity contribution >= 4 is 5.97 Å². The molecule has 0 radical (unpaired) electrons. The fraction of sp³-hybridized carbons (Fsp3) is 0.833. The van der Waals surface area contributed by atoms with Crippen molar-refractivity contribution in [1.29, 1.82) is 0 Å². The Morgan fingerprint density at radius 2 is 1.30 bits per heavy atom. The van der Waals surface area contributed by atoms with Crippen molar-refractivity contribution in [1.82, 2.24) is 0 Å². The molecule has 0 aliphatic carbocycles.